The van der Waals surface area contributed by atoms with Gasteiger partial charge in [-0.15, -0.1) is 16.4 Å². The molecule has 6 heteroatoms. The first-order valence-electron chi connectivity index (χ1n) is 6.63. The van der Waals surface area contributed by atoms with E-state index in [1.54, 1.807) is 11.3 Å². The van der Waals surface area contributed by atoms with E-state index >= 15 is 0 Å². The van der Waals surface area contributed by atoms with Crippen LogP contribution in [0.5, 0.6) is 5.88 Å². The minimum Gasteiger partial charge on any atom is -0.420 e. The zero-order valence-corrected chi connectivity index (χ0v) is 12.9. The third-order valence-electron chi connectivity index (χ3n) is 3.52. The van der Waals surface area contributed by atoms with Crippen LogP contribution >= 0.6 is 11.3 Å². The molecule has 0 saturated heterocycles. The number of nitrogens with one attached hydrogen (secondary N) is 1. The lowest BCUT2D eigenvalue weighted by Crippen LogP contribution is -2.23. The van der Waals surface area contributed by atoms with Crippen molar-refractivity contribution in [1.29, 1.82) is 5.26 Å². The number of nitriles is 1. The van der Waals surface area contributed by atoms with Crippen LogP contribution in [0.2, 0.25) is 0 Å². The highest BCUT2D eigenvalue weighted by atomic mass is 32.1. The summed E-state index contributed by atoms with van der Waals surface area (Å²) in [5.74, 6) is 0.386. The highest BCUT2D eigenvalue weighted by Gasteiger charge is 2.38. The third-order valence-corrected chi connectivity index (χ3v) is 4.45. The molecule has 0 unspecified atom stereocenters. The lowest BCUT2D eigenvalue weighted by molar-refractivity contribution is 0.378. The number of aromatic nitrogens is 2. The molecule has 1 aliphatic rings. The van der Waals surface area contributed by atoms with Crippen molar-refractivity contribution in [2.75, 3.05) is 0 Å². The quantitative estimate of drug-likeness (QED) is 0.847. The Hall–Kier alpha value is -2.26. The van der Waals surface area contributed by atoms with Gasteiger partial charge in [-0.3, -0.25) is 5.10 Å². The summed E-state index contributed by atoms with van der Waals surface area (Å²) in [4.78, 5) is 1.06. The third kappa shape index (κ3) is 2.10. The van der Waals surface area contributed by atoms with Crippen molar-refractivity contribution in [3.05, 3.63) is 45.1 Å². The van der Waals surface area contributed by atoms with Crippen LogP contribution in [-0.2, 0) is 5.41 Å². The molecule has 0 aromatic carbocycles. The van der Waals surface area contributed by atoms with E-state index in [0.717, 1.165) is 16.1 Å². The van der Waals surface area contributed by atoms with Gasteiger partial charge in [0.05, 0.1) is 11.5 Å². The number of hydrogen-bond acceptors (Lipinski definition) is 5. The molecule has 2 aromatic heterocycles. The van der Waals surface area contributed by atoms with Gasteiger partial charge in [0.2, 0.25) is 11.8 Å². The minimum absolute atomic E-state index is 0.133. The Bertz CT molecular complexity index is 744. The summed E-state index contributed by atoms with van der Waals surface area (Å²) >= 11 is 1.60. The Morgan fingerprint density at radius 1 is 1.48 bits per heavy atom. The zero-order valence-electron chi connectivity index (χ0n) is 12.1. The van der Waals surface area contributed by atoms with Crippen LogP contribution in [0.25, 0.3) is 0 Å². The first-order chi connectivity index (χ1) is 9.93. The molecule has 0 saturated carbocycles. The number of hydrogen-bond donors (Lipinski definition) is 2. The van der Waals surface area contributed by atoms with Gasteiger partial charge in [0.25, 0.3) is 0 Å². The Kier molecular flexibility index (Phi) is 3.03. The van der Waals surface area contributed by atoms with Gasteiger partial charge in [-0.1, -0.05) is 26.8 Å². The Labute approximate surface area is 127 Å². The maximum absolute atomic E-state index is 9.49. The van der Waals surface area contributed by atoms with E-state index in [9.17, 15) is 5.26 Å². The van der Waals surface area contributed by atoms with Crippen molar-refractivity contribution in [3.63, 3.8) is 0 Å². The summed E-state index contributed by atoms with van der Waals surface area (Å²) in [5, 5.41) is 18.8. The molecular formula is C15H16N4OS. The maximum atomic E-state index is 9.49. The first kappa shape index (κ1) is 13.7. The standard InChI is InChI=1S/C15H16N4OS/c1-15(2,3)12-11-10(9-5-4-6-21-9)8(7-16)13(17)20-14(11)19-18-12/h4-6,10H,17H2,1-3H3,(H,18,19)/t10-/m0/s1. The van der Waals surface area contributed by atoms with Crippen LogP contribution in [0, 0.1) is 11.3 Å². The SMILES string of the molecule is CC(C)(C)c1[nH]nc2c1[C@H](c1cccs1)C(C#N)=C(N)O2. The van der Waals surface area contributed by atoms with E-state index < -0.39 is 0 Å². The van der Waals surface area contributed by atoms with Crippen LogP contribution < -0.4 is 10.5 Å². The molecule has 2 aromatic rings. The predicted molar refractivity (Wildman–Crippen MR) is 80.9 cm³/mol. The van der Waals surface area contributed by atoms with Gasteiger partial charge in [0.1, 0.15) is 11.6 Å². The van der Waals surface area contributed by atoms with E-state index in [2.05, 4.69) is 37.0 Å². The lowest BCUT2D eigenvalue weighted by Gasteiger charge is -2.26. The van der Waals surface area contributed by atoms with Crippen molar-refractivity contribution in [2.45, 2.75) is 32.1 Å². The topological polar surface area (TPSA) is 87.7 Å². The number of aromatic amines is 1. The van der Waals surface area contributed by atoms with Crippen molar-refractivity contribution in [2.24, 2.45) is 5.73 Å². The van der Waals surface area contributed by atoms with E-state index in [-0.39, 0.29) is 17.2 Å². The summed E-state index contributed by atoms with van der Waals surface area (Å²) in [7, 11) is 0. The number of rotatable bonds is 1. The van der Waals surface area contributed by atoms with E-state index in [0.29, 0.717) is 11.5 Å². The molecule has 1 aliphatic heterocycles. The average molecular weight is 300 g/mol. The molecule has 0 radical (unpaired) electrons. The number of nitrogens with zero attached hydrogens (tertiary/aromatic N) is 2. The molecule has 3 heterocycles. The highest BCUT2D eigenvalue weighted by molar-refractivity contribution is 7.10. The molecule has 0 bridgehead atoms. The summed E-state index contributed by atoms with van der Waals surface area (Å²) in [5.41, 5.74) is 8.09. The second kappa shape index (κ2) is 4.64. The maximum Gasteiger partial charge on any atom is 0.244 e. The number of allylic oxidation sites excluding steroid dienone is 1. The average Bonchev–Trinajstić information content (AvgIpc) is 3.04. The molecule has 108 valence electrons. The predicted octanol–water partition coefficient (Wildman–Crippen LogP) is 2.99. The van der Waals surface area contributed by atoms with Gasteiger partial charge >= 0.3 is 0 Å². The van der Waals surface area contributed by atoms with Crippen LogP contribution in [0.3, 0.4) is 0 Å². The van der Waals surface area contributed by atoms with Gasteiger partial charge < -0.3 is 10.5 Å². The van der Waals surface area contributed by atoms with Crippen LogP contribution in [0.1, 0.15) is 42.8 Å². The number of H-pyrrole nitrogens is 1. The molecule has 3 N–H and O–H groups in total. The molecular weight excluding hydrogens is 284 g/mol. The highest BCUT2D eigenvalue weighted by Crippen LogP contribution is 2.46. The molecule has 0 amide bonds. The van der Waals surface area contributed by atoms with Crippen LogP contribution in [0.4, 0.5) is 0 Å². The molecule has 21 heavy (non-hydrogen) atoms. The van der Waals surface area contributed by atoms with Gasteiger partial charge in [-0.2, -0.15) is 5.26 Å². The fourth-order valence-corrected chi connectivity index (χ4v) is 3.40. The number of thiophene rings is 1. The molecule has 1 atom stereocenters. The smallest absolute Gasteiger partial charge is 0.244 e. The second-order valence-corrected chi connectivity index (χ2v) is 6.99. The molecule has 0 spiro atoms. The van der Waals surface area contributed by atoms with E-state index in [4.69, 9.17) is 10.5 Å². The Morgan fingerprint density at radius 3 is 2.81 bits per heavy atom. The fraction of sp³-hybridized carbons (Fsp3) is 0.333. The molecule has 3 rings (SSSR count). The zero-order chi connectivity index (χ0) is 15.2. The molecule has 0 aliphatic carbocycles. The minimum atomic E-state index is -0.216. The van der Waals surface area contributed by atoms with Crippen LogP contribution in [0.15, 0.2) is 29.0 Å². The summed E-state index contributed by atoms with van der Waals surface area (Å²) in [6.45, 7) is 6.29. The van der Waals surface area contributed by atoms with E-state index in [1.165, 1.54) is 0 Å². The second-order valence-electron chi connectivity index (χ2n) is 6.01. The van der Waals surface area contributed by atoms with Gasteiger partial charge in [-0.25, -0.2) is 0 Å². The van der Waals surface area contributed by atoms with Crippen molar-refractivity contribution < 1.29 is 4.74 Å². The fourth-order valence-electron chi connectivity index (χ4n) is 2.56. The largest absolute Gasteiger partial charge is 0.420 e. The summed E-state index contributed by atoms with van der Waals surface area (Å²) in [6, 6.07) is 6.17. The molecule has 0 fully saturated rings. The Balaban J connectivity index is 2.26. The summed E-state index contributed by atoms with van der Waals surface area (Å²) in [6.07, 6.45) is 0. The van der Waals surface area contributed by atoms with Gasteiger partial charge in [-0.05, 0) is 11.4 Å². The van der Waals surface area contributed by atoms with Crippen molar-refractivity contribution in [3.8, 4) is 11.9 Å². The first-order valence-corrected chi connectivity index (χ1v) is 7.51. The van der Waals surface area contributed by atoms with Crippen molar-refractivity contribution >= 4 is 11.3 Å². The van der Waals surface area contributed by atoms with Crippen LogP contribution in [-0.4, -0.2) is 10.2 Å². The lowest BCUT2D eigenvalue weighted by atomic mass is 9.81. The number of ether oxygens (including phenoxy) is 1. The normalized spacial score (nSPS) is 18.1. The van der Waals surface area contributed by atoms with Gasteiger partial charge in [0.15, 0.2) is 0 Å². The van der Waals surface area contributed by atoms with E-state index in [1.807, 2.05) is 17.5 Å². The van der Waals surface area contributed by atoms with Crippen molar-refractivity contribution in [1.82, 2.24) is 10.2 Å². The monoisotopic (exact) mass is 300 g/mol. The Morgan fingerprint density at radius 2 is 2.24 bits per heavy atom. The van der Waals surface area contributed by atoms with Gasteiger partial charge in [0, 0.05) is 16.0 Å². The number of nitrogens with two attached hydrogens (primary N) is 1. The summed E-state index contributed by atoms with van der Waals surface area (Å²) < 4.78 is 5.54. The molecule has 5 nitrogen and oxygen atoms in total. The number of fused-ring (bicyclic) bond motifs is 1.